The molecular weight excluding hydrogens is 172 g/mol. The number of hydrogen-bond donors (Lipinski definition) is 1. The monoisotopic (exact) mass is 180 g/mol. The molecule has 0 atom stereocenters. The van der Waals surface area contributed by atoms with Gasteiger partial charge in [-0.1, -0.05) is 18.5 Å². The fourth-order valence-corrected chi connectivity index (χ4v) is 1.60. The zero-order chi connectivity index (χ0) is 8.55. The van der Waals surface area contributed by atoms with Gasteiger partial charge in [-0.05, 0) is 18.1 Å². The summed E-state index contributed by atoms with van der Waals surface area (Å²) >= 11 is 6.12. The quantitative estimate of drug-likeness (QED) is 0.719. The first kappa shape index (κ1) is 7.62. The molecule has 0 bridgehead atoms. The molecule has 0 aromatic carbocycles. The number of rotatable bonds is 1. The van der Waals surface area contributed by atoms with Gasteiger partial charge in [0.2, 0.25) is 0 Å². The predicted molar refractivity (Wildman–Crippen MR) is 50.5 cm³/mol. The number of aromatic nitrogens is 2. The fraction of sp³-hybridized carbons (Fsp3) is 0.222. The lowest BCUT2D eigenvalue weighted by Gasteiger charge is -1.99. The molecule has 0 spiro atoms. The van der Waals surface area contributed by atoms with E-state index in [0.717, 1.165) is 28.0 Å². The Morgan fingerprint density at radius 1 is 1.58 bits per heavy atom. The normalized spacial score (nSPS) is 10.8. The number of fused-ring (bicyclic) bond motifs is 1. The zero-order valence-corrected chi connectivity index (χ0v) is 7.52. The molecule has 12 heavy (non-hydrogen) atoms. The molecule has 2 heterocycles. The largest absolute Gasteiger partial charge is 0.346 e. The van der Waals surface area contributed by atoms with Crippen LogP contribution in [0.5, 0.6) is 0 Å². The number of aromatic amines is 1. The summed E-state index contributed by atoms with van der Waals surface area (Å²) in [4.78, 5) is 7.25. The molecule has 2 aromatic rings. The third kappa shape index (κ3) is 0.994. The van der Waals surface area contributed by atoms with Gasteiger partial charge in [-0.15, -0.1) is 0 Å². The number of pyridine rings is 1. The highest BCUT2D eigenvalue weighted by atomic mass is 35.5. The number of aryl methyl sites for hydroxylation is 1. The van der Waals surface area contributed by atoms with Crippen molar-refractivity contribution in [3.8, 4) is 0 Å². The Kier molecular flexibility index (Phi) is 1.77. The van der Waals surface area contributed by atoms with Crippen molar-refractivity contribution in [1.82, 2.24) is 9.97 Å². The van der Waals surface area contributed by atoms with Crippen molar-refractivity contribution in [1.29, 1.82) is 0 Å². The minimum Gasteiger partial charge on any atom is -0.346 e. The summed E-state index contributed by atoms with van der Waals surface area (Å²) in [5, 5.41) is 1.83. The van der Waals surface area contributed by atoms with Gasteiger partial charge in [0.25, 0.3) is 0 Å². The number of hydrogen-bond acceptors (Lipinski definition) is 1. The van der Waals surface area contributed by atoms with Gasteiger partial charge in [0.15, 0.2) is 0 Å². The minimum atomic E-state index is 0.823. The van der Waals surface area contributed by atoms with Gasteiger partial charge >= 0.3 is 0 Å². The summed E-state index contributed by atoms with van der Waals surface area (Å²) in [5.74, 6) is 0. The molecule has 0 aliphatic carbocycles. The van der Waals surface area contributed by atoms with Gasteiger partial charge in [-0.3, -0.25) is 0 Å². The van der Waals surface area contributed by atoms with Gasteiger partial charge in [-0.25, -0.2) is 4.98 Å². The van der Waals surface area contributed by atoms with Crippen LogP contribution < -0.4 is 0 Å². The highest BCUT2D eigenvalue weighted by Gasteiger charge is 2.04. The molecule has 2 nitrogen and oxygen atoms in total. The lowest BCUT2D eigenvalue weighted by molar-refractivity contribution is 1.12. The van der Waals surface area contributed by atoms with Crippen molar-refractivity contribution in [2.45, 2.75) is 13.3 Å². The molecule has 0 amide bonds. The Labute approximate surface area is 75.6 Å². The lowest BCUT2D eigenvalue weighted by atomic mass is 10.2. The topological polar surface area (TPSA) is 28.7 Å². The molecular formula is C9H9ClN2. The van der Waals surface area contributed by atoms with E-state index in [-0.39, 0.29) is 0 Å². The van der Waals surface area contributed by atoms with Crippen LogP contribution in [-0.4, -0.2) is 9.97 Å². The highest BCUT2D eigenvalue weighted by molar-refractivity contribution is 6.36. The van der Waals surface area contributed by atoms with Crippen LogP contribution in [0, 0.1) is 0 Å². The van der Waals surface area contributed by atoms with Gasteiger partial charge in [0.1, 0.15) is 5.65 Å². The summed E-state index contributed by atoms with van der Waals surface area (Å²) in [6.45, 7) is 2.07. The predicted octanol–water partition coefficient (Wildman–Crippen LogP) is 2.78. The molecule has 3 heteroatoms. The van der Waals surface area contributed by atoms with Gasteiger partial charge in [-0.2, -0.15) is 0 Å². The van der Waals surface area contributed by atoms with E-state index in [1.165, 1.54) is 0 Å². The molecule has 0 aliphatic rings. The Balaban J connectivity index is 2.78. The Bertz CT molecular complexity index is 406. The van der Waals surface area contributed by atoms with E-state index < -0.39 is 0 Å². The minimum absolute atomic E-state index is 0.823. The van der Waals surface area contributed by atoms with Crippen molar-refractivity contribution in [2.24, 2.45) is 0 Å². The maximum absolute atomic E-state index is 6.12. The fourth-order valence-electron chi connectivity index (χ4n) is 1.26. The summed E-state index contributed by atoms with van der Waals surface area (Å²) in [6.07, 6.45) is 4.59. The molecule has 2 aromatic heterocycles. The molecule has 0 radical (unpaired) electrons. The van der Waals surface area contributed by atoms with Crippen molar-refractivity contribution in [3.63, 3.8) is 0 Å². The van der Waals surface area contributed by atoms with Crippen LogP contribution in [-0.2, 0) is 6.42 Å². The standard InChI is InChI=1S/C9H9ClN2/c1-2-6-5-12-9-7(8(6)10)3-4-11-9/h3-5H,2H2,1H3,(H,11,12). The first-order valence-corrected chi connectivity index (χ1v) is 4.31. The summed E-state index contributed by atoms with van der Waals surface area (Å²) in [6, 6.07) is 1.95. The molecule has 1 N–H and O–H groups in total. The Morgan fingerprint density at radius 2 is 2.42 bits per heavy atom. The van der Waals surface area contributed by atoms with E-state index in [4.69, 9.17) is 11.6 Å². The van der Waals surface area contributed by atoms with Gasteiger partial charge in [0, 0.05) is 17.8 Å². The number of nitrogens with zero attached hydrogens (tertiary/aromatic N) is 1. The first-order valence-electron chi connectivity index (χ1n) is 3.93. The molecule has 0 aliphatic heterocycles. The van der Waals surface area contributed by atoms with Crippen LogP contribution in [0.4, 0.5) is 0 Å². The number of H-pyrrole nitrogens is 1. The van der Waals surface area contributed by atoms with Gasteiger partial charge < -0.3 is 4.98 Å². The van der Waals surface area contributed by atoms with Crippen molar-refractivity contribution in [3.05, 3.63) is 29.0 Å². The van der Waals surface area contributed by atoms with Crippen LogP contribution in [0.3, 0.4) is 0 Å². The maximum Gasteiger partial charge on any atom is 0.138 e. The van der Waals surface area contributed by atoms with E-state index in [2.05, 4.69) is 16.9 Å². The van der Waals surface area contributed by atoms with E-state index in [1.807, 2.05) is 18.5 Å². The SMILES string of the molecule is CCc1cnc2[nH]ccc2c1Cl. The highest BCUT2D eigenvalue weighted by Crippen LogP contribution is 2.24. The van der Waals surface area contributed by atoms with E-state index >= 15 is 0 Å². The third-order valence-corrected chi connectivity index (χ3v) is 2.42. The van der Waals surface area contributed by atoms with E-state index in [1.54, 1.807) is 0 Å². The zero-order valence-electron chi connectivity index (χ0n) is 6.76. The second kappa shape index (κ2) is 2.79. The second-order valence-electron chi connectivity index (χ2n) is 2.69. The molecule has 0 saturated heterocycles. The van der Waals surface area contributed by atoms with Crippen molar-refractivity contribution < 1.29 is 0 Å². The average Bonchev–Trinajstić information content (AvgIpc) is 2.53. The summed E-state index contributed by atoms with van der Waals surface area (Å²) in [7, 11) is 0. The Hall–Kier alpha value is -1.02. The molecule has 2 rings (SSSR count). The van der Waals surface area contributed by atoms with Crippen LogP contribution in [0.2, 0.25) is 5.02 Å². The molecule has 0 unspecified atom stereocenters. The maximum atomic E-state index is 6.12. The molecule has 0 fully saturated rings. The van der Waals surface area contributed by atoms with Crippen molar-refractivity contribution in [2.75, 3.05) is 0 Å². The number of halogens is 1. The Morgan fingerprint density at radius 3 is 3.17 bits per heavy atom. The summed E-state index contributed by atoms with van der Waals surface area (Å²) < 4.78 is 0. The van der Waals surface area contributed by atoms with Crippen LogP contribution in [0.1, 0.15) is 12.5 Å². The van der Waals surface area contributed by atoms with E-state index in [0.29, 0.717) is 0 Å². The van der Waals surface area contributed by atoms with Gasteiger partial charge in [0.05, 0.1) is 5.02 Å². The first-order chi connectivity index (χ1) is 5.83. The van der Waals surface area contributed by atoms with Crippen LogP contribution >= 0.6 is 11.6 Å². The van der Waals surface area contributed by atoms with Crippen LogP contribution in [0.25, 0.3) is 11.0 Å². The lowest BCUT2D eigenvalue weighted by Crippen LogP contribution is -1.85. The summed E-state index contributed by atoms with van der Waals surface area (Å²) in [5.41, 5.74) is 1.96. The second-order valence-corrected chi connectivity index (χ2v) is 3.07. The van der Waals surface area contributed by atoms with Crippen molar-refractivity contribution >= 4 is 22.6 Å². The van der Waals surface area contributed by atoms with E-state index in [9.17, 15) is 0 Å². The molecule has 0 saturated carbocycles. The molecule has 62 valence electrons. The smallest absolute Gasteiger partial charge is 0.138 e. The average molecular weight is 181 g/mol. The third-order valence-electron chi connectivity index (χ3n) is 1.97. The number of nitrogens with one attached hydrogen (secondary N) is 1. The van der Waals surface area contributed by atoms with Crippen LogP contribution in [0.15, 0.2) is 18.5 Å².